The molecule has 12 heteroatoms. The van der Waals surface area contributed by atoms with E-state index in [2.05, 4.69) is 21.8 Å². The summed E-state index contributed by atoms with van der Waals surface area (Å²) in [4.78, 5) is 43.2. The molecule has 184 valence electrons. The van der Waals surface area contributed by atoms with Crippen LogP contribution in [-0.2, 0) is 22.7 Å². The minimum Gasteiger partial charge on any atom is -0.459 e. The summed E-state index contributed by atoms with van der Waals surface area (Å²) in [5.74, 6) is -0.176. The number of rotatable bonds is 7. The maximum absolute atomic E-state index is 12.9. The van der Waals surface area contributed by atoms with E-state index in [1.165, 1.54) is 22.0 Å². The molecule has 0 amide bonds. The van der Waals surface area contributed by atoms with Crippen LogP contribution in [0.1, 0.15) is 5.69 Å². The van der Waals surface area contributed by atoms with Gasteiger partial charge in [-0.2, -0.15) is 0 Å². The molecule has 0 saturated carbocycles. The molecule has 0 aliphatic rings. The number of thiazole rings is 1. The summed E-state index contributed by atoms with van der Waals surface area (Å²) in [6.07, 6.45) is 1.62. The summed E-state index contributed by atoms with van der Waals surface area (Å²) >= 11 is 2.54. The van der Waals surface area contributed by atoms with Gasteiger partial charge in [0.1, 0.15) is 6.61 Å². The third kappa shape index (κ3) is 3.99. The normalized spacial score (nSPS) is 11.6. The van der Waals surface area contributed by atoms with Gasteiger partial charge in [-0.05, 0) is 24.3 Å². The molecule has 10 nitrogen and oxygen atoms in total. The quantitative estimate of drug-likeness (QED) is 0.176. The van der Waals surface area contributed by atoms with Crippen LogP contribution < -0.4 is 11.1 Å². The number of nitrogens with zero attached hydrogens (tertiary/aromatic N) is 6. The van der Waals surface area contributed by atoms with Gasteiger partial charge in [-0.25, -0.2) is 4.98 Å². The Hall–Kier alpha value is -4.29. The minimum atomic E-state index is -0.496. The molecule has 6 aromatic rings. The molecule has 2 aromatic carbocycles. The van der Waals surface area contributed by atoms with Crippen molar-refractivity contribution in [2.24, 2.45) is 0 Å². The van der Waals surface area contributed by atoms with Crippen LogP contribution >= 0.6 is 23.1 Å². The van der Waals surface area contributed by atoms with Crippen molar-refractivity contribution in [1.82, 2.24) is 28.5 Å². The number of allylic oxidation sites excluding steroid dienone is 1. The standard InChI is InChI=1S/C25H18N6O4S2/c1-2-11-29-22(34)16-7-3-4-8-17(16)31-23(29)27-28-25(31)36-14-21(33)35-13-15-12-20(32)30-18-9-5-6-10-19(18)37-24(30)26-15/h2-10,12H,1,11,13-14H2. The van der Waals surface area contributed by atoms with Crippen molar-refractivity contribution in [2.45, 2.75) is 18.3 Å². The zero-order chi connectivity index (χ0) is 25.5. The van der Waals surface area contributed by atoms with E-state index in [0.29, 0.717) is 32.5 Å². The first kappa shape index (κ1) is 23.1. The van der Waals surface area contributed by atoms with E-state index in [-0.39, 0.29) is 30.0 Å². The molecule has 4 heterocycles. The van der Waals surface area contributed by atoms with Gasteiger partial charge in [0, 0.05) is 12.6 Å². The lowest BCUT2D eigenvalue weighted by Gasteiger charge is -2.09. The van der Waals surface area contributed by atoms with Crippen molar-refractivity contribution in [1.29, 1.82) is 0 Å². The lowest BCUT2D eigenvalue weighted by Crippen LogP contribution is -2.22. The average Bonchev–Trinajstić information content (AvgIpc) is 3.50. The Kier molecular flexibility index (Phi) is 5.81. The highest BCUT2D eigenvalue weighted by Crippen LogP contribution is 2.24. The summed E-state index contributed by atoms with van der Waals surface area (Å²) in [5.41, 5.74) is 1.40. The summed E-state index contributed by atoms with van der Waals surface area (Å²) in [6.45, 7) is 3.87. The number of carbonyl (C=O) groups is 1. The van der Waals surface area contributed by atoms with Crippen LogP contribution in [0.3, 0.4) is 0 Å². The fraction of sp³-hybridized carbons (Fsp3) is 0.120. The minimum absolute atomic E-state index is 0.0418. The van der Waals surface area contributed by atoms with E-state index in [1.807, 2.05) is 36.4 Å². The van der Waals surface area contributed by atoms with Gasteiger partial charge in [0.2, 0.25) is 5.78 Å². The van der Waals surface area contributed by atoms with Crippen LogP contribution in [0, 0.1) is 0 Å². The maximum atomic E-state index is 12.9. The predicted octanol–water partition coefficient (Wildman–Crippen LogP) is 3.29. The van der Waals surface area contributed by atoms with E-state index >= 15 is 0 Å². The topological polar surface area (TPSA) is 113 Å². The summed E-state index contributed by atoms with van der Waals surface area (Å²) in [6, 6.07) is 16.1. The third-order valence-corrected chi connectivity index (χ3v) is 7.66. The van der Waals surface area contributed by atoms with E-state index in [0.717, 1.165) is 22.0 Å². The zero-order valence-corrected chi connectivity index (χ0v) is 20.9. The highest BCUT2D eigenvalue weighted by atomic mass is 32.2. The average molecular weight is 531 g/mol. The molecular weight excluding hydrogens is 512 g/mol. The monoisotopic (exact) mass is 530 g/mol. The van der Waals surface area contributed by atoms with Crippen molar-refractivity contribution >= 4 is 60.9 Å². The first-order valence-electron chi connectivity index (χ1n) is 11.2. The molecule has 37 heavy (non-hydrogen) atoms. The molecule has 4 aromatic heterocycles. The number of ether oxygens (including phenoxy) is 1. The SMILES string of the molecule is C=CCn1c(=O)c2ccccc2n2c(SCC(=O)OCc3cc(=O)n4c(n3)sc3ccccc34)nnc12. The fourth-order valence-electron chi connectivity index (χ4n) is 4.14. The number of hydrogen-bond donors (Lipinski definition) is 0. The molecule has 0 bridgehead atoms. The van der Waals surface area contributed by atoms with Gasteiger partial charge < -0.3 is 4.74 Å². The Labute approximate surface area is 216 Å². The fourth-order valence-corrected chi connectivity index (χ4v) is 5.93. The van der Waals surface area contributed by atoms with E-state index in [4.69, 9.17) is 4.74 Å². The van der Waals surface area contributed by atoms with Crippen molar-refractivity contribution in [2.75, 3.05) is 5.75 Å². The molecule has 0 unspecified atom stereocenters. The Morgan fingerprint density at radius 3 is 2.68 bits per heavy atom. The van der Waals surface area contributed by atoms with Gasteiger partial charge in [-0.15, -0.1) is 16.8 Å². The number of esters is 1. The van der Waals surface area contributed by atoms with Crippen molar-refractivity contribution in [3.05, 3.63) is 93.7 Å². The van der Waals surface area contributed by atoms with Crippen LogP contribution in [0.2, 0.25) is 0 Å². The number of hydrogen-bond acceptors (Lipinski definition) is 9. The van der Waals surface area contributed by atoms with Crippen LogP contribution in [0.25, 0.3) is 31.9 Å². The van der Waals surface area contributed by atoms with Gasteiger partial charge >= 0.3 is 5.97 Å². The second-order valence-electron chi connectivity index (χ2n) is 8.06. The Morgan fingerprint density at radius 2 is 1.84 bits per heavy atom. The first-order valence-corrected chi connectivity index (χ1v) is 13.0. The van der Waals surface area contributed by atoms with Crippen LogP contribution in [0.4, 0.5) is 0 Å². The van der Waals surface area contributed by atoms with Gasteiger partial charge in [-0.3, -0.25) is 27.8 Å². The maximum Gasteiger partial charge on any atom is 0.316 e. The number of benzene rings is 2. The Bertz CT molecular complexity index is 1970. The largest absolute Gasteiger partial charge is 0.459 e. The van der Waals surface area contributed by atoms with Crippen LogP contribution in [0.15, 0.2) is 82.0 Å². The van der Waals surface area contributed by atoms with Gasteiger partial charge in [0.15, 0.2) is 10.1 Å². The first-order chi connectivity index (χ1) is 18.0. The lowest BCUT2D eigenvalue weighted by molar-refractivity contribution is -0.141. The molecular formula is C25H18N6O4S2. The van der Waals surface area contributed by atoms with Gasteiger partial charge in [0.05, 0.1) is 32.6 Å². The number of aromatic nitrogens is 6. The van der Waals surface area contributed by atoms with Crippen LogP contribution in [-0.4, -0.2) is 40.3 Å². The number of thioether (sulfide) groups is 1. The smallest absolute Gasteiger partial charge is 0.316 e. The highest BCUT2D eigenvalue weighted by Gasteiger charge is 2.18. The van der Waals surface area contributed by atoms with Crippen molar-refractivity contribution in [3.63, 3.8) is 0 Å². The zero-order valence-electron chi connectivity index (χ0n) is 19.2. The molecule has 0 saturated heterocycles. The number of fused-ring (bicyclic) bond motifs is 6. The second-order valence-corrected chi connectivity index (χ2v) is 10.0. The molecule has 0 spiro atoms. The second kappa shape index (κ2) is 9.30. The Morgan fingerprint density at radius 1 is 1.05 bits per heavy atom. The summed E-state index contributed by atoms with van der Waals surface area (Å²) in [5, 5.41) is 9.35. The lowest BCUT2D eigenvalue weighted by atomic mass is 10.2. The van der Waals surface area contributed by atoms with Crippen molar-refractivity contribution in [3.8, 4) is 0 Å². The van der Waals surface area contributed by atoms with Gasteiger partial charge in [0.25, 0.3) is 11.1 Å². The third-order valence-electron chi connectivity index (χ3n) is 5.74. The molecule has 0 fully saturated rings. The van der Waals surface area contributed by atoms with Gasteiger partial charge in [-0.1, -0.05) is 53.4 Å². The molecule has 0 aliphatic heterocycles. The molecule has 0 atom stereocenters. The Balaban J connectivity index is 1.22. The number of para-hydroxylation sites is 2. The molecule has 0 N–H and O–H groups in total. The summed E-state index contributed by atoms with van der Waals surface area (Å²) in [7, 11) is 0. The van der Waals surface area contributed by atoms with Crippen molar-refractivity contribution < 1.29 is 9.53 Å². The number of carbonyl (C=O) groups excluding carboxylic acids is 1. The predicted molar refractivity (Wildman–Crippen MR) is 142 cm³/mol. The van der Waals surface area contributed by atoms with E-state index in [9.17, 15) is 14.4 Å². The van der Waals surface area contributed by atoms with E-state index in [1.54, 1.807) is 27.0 Å². The highest BCUT2D eigenvalue weighted by molar-refractivity contribution is 7.99. The van der Waals surface area contributed by atoms with Crippen LogP contribution in [0.5, 0.6) is 0 Å². The molecule has 0 aliphatic carbocycles. The molecule has 6 rings (SSSR count). The summed E-state index contributed by atoms with van der Waals surface area (Å²) < 4.78 is 11.1. The van der Waals surface area contributed by atoms with E-state index < -0.39 is 5.97 Å². The molecule has 0 radical (unpaired) electrons.